The highest BCUT2D eigenvalue weighted by atomic mass is 14.7. The van der Waals surface area contributed by atoms with Gasteiger partial charge in [0.15, 0.2) is 0 Å². The zero-order valence-electron chi connectivity index (χ0n) is 8.51. The summed E-state index contributed by atoms with van der Waals surface area (Å²) in [4.78, 5) is 3.46. The van der Waals surface area contributed by atoms with Crippen molar-refractivity contribution in [1.82, 2.24) is 4.98 Å². The summed E-state index contributed by atoms with van der Waals surface area (Å²) in [5.74, 6) is 0. The normalized spacial score (nSPS) is 14.1. The molecule has 2 aromatic rings. The number of aryl methyl sites for hydroxylation is 2. The van der Waals surface area contributed by atoms with Gasteiger partial charge in [-0.2, -0.15) is 5.26 Å². The standard InChI is InChI=1S/C13H12N2/c14-7-6-9-4-5-13-11(8-9)10-2-1-3-12(10)15-13/h4-5,8,15H,1-3,6H2. The topological polar surface area (TPSA) is 39.6 Å². The van der Waals surface area contributed by atoms with Gasteiger partial charge in [-0.25, -0.2) is 0 Å². The minimum Gasteiger partial charge on any atom is -0.358 e. The molecule has 0 spiro atoms. The molecule has 1 heterocycles. The summed E-state index contributed by atoms with van der Waals surface area (Å²) in [6.45, 7) is 0. The van der Waals surface area contributed by atoms with Gasteiger partial charge in [0.25, 0.3) is 0 Å². The van der Waals surface area contributed by atoms with E-state index in [9.17, 15) is 0 Å². The Morgan fingerprint density at radius 2 is 2.27 bits per heavy atom. The molecule has 0 fully saturated rings. The average molecular weight is 196 g/mol. The molecule has 0 atom stereocenters. The van der Waals surface area contributed by atoms with Crippen molar-refractivity contribution in [2.75, 3.05) is 0 Å². The van der Waals surface area contributed by atoms with Crippen molar-refractivity contribution in [3.63, 3.8) is 0 Å². The molecule has 2 nitrogen and oxygen atoms in total. The Hall–Kier alpha value is -1.75. The van der Waals surface area contributed by atoms with E-state index >= 15 is 0 Å². The van der Waals surface area contributed by atoms with Gasteiger partial charge >= 0.3 is 0 Å². The lowest BCUT2D eigenvalue weighted by atomic mass is 10.1. The van der Waals surface area contributed by atoms with Crippen molar-refractivity contribution in [1.29, 1.82) is 5.26 Å². The van der Waals surface area contributed by atoms with E-state index in [-0.39, 0.29) is 0 Å². The molecule has 2 heteroatoms. The van der Waals surface area contributed by atoms with E-state index in [1.807, 2.05) is 6.07 Å². The molecule has 0 unspecified atom stereocenters. The Morgan fingerprint density at radius 1 is 1.33 bits per heavy atom. The van der Waals surface area contributed by atoms with Crippen LogP contribution in [0.1, 0.15) is 23.2 Å². The second kappa shape index (κ2) is 3.13. The Morgan fingerprint density at radius 3 is 3.13 bits per heavy atom. The van der Waals surface area contributed by atoms with E-state index in [4.69, 9.17) is 5.26 Å². The van der Waals surface area contributed by atoms with Crippen molar-refractivity contribution in [2.45, 2.75) is 25.7 Å². The van der Waals surface area contributed by atoms with Gasteiger partial charge in [-0.1, -0.05) is 6.07 Å². The quantitative estimate of drug-likeness (QED) is 0.748. The lowest BCUT2D eigenvalue weighted by Crippen LogP contribution is -1.82. The van der Waals surface area contributed by atoms with Gasteiger partial charge in [0.2, 0.25) is 0 Å². The summed E-state index contributed by atoms with van der Waals surface area (Å²) in [5.41, 5.74) is 5.23. The van der Waals surface area contributed by atoms with Crippen LogP contribution in [0.15, 0.2) is 18.2 Å². The fourth-order valence-corrected chi connectivity index (χ4v) is 2.49. The van der Waals surface area contributed by atoms with Crippen LogP contribution in [0.3, 0.4) is 0 Å². The molecule has 1 aliphatic rings. The fraction of sp³-hybridized carbons (Fsp3) is 0.308. The van der Waals surface area contributed by atoms with Crippen molar-refractivity contribution in [2.24, 2.45) is 0 Å². The van der Waals surface area contributed by atoms with Gasteiger partial charge in [-0.3, -0.25) is 0 Å². The fourth-order valence-electron chi connectivity index (χ4n) is 2.49. The van der Waals surface area contributed by atoms with Crippen molar-refractivity contribution in [3.05, 3.63) is 35.0 Å². The van der Waals surface area contributed by atoms with E-state index < -0.39 is 0 Å². The molecule has 0 saturated carbocycles. The molecule has 0 amide bonds. The van der Waals surface area contributed by atoms with Gasteiger partial charge in [0.05, 0.1) is 12.5 Å². The van der Waals surface area contributed by atoms with Gasteiger partial charge in [-0.05, 0) is 42.5 Å². The number of benzene rings is 1. The number of aromatic nitrogens is 1. The molecule has 1 aromatic carbocycles. The highest BCUT2D eigenvalue weighted by Crippen LogP contribution is 2.30. The molecule has 3 rings (SSSR count). The number of nitrogens with one attached hydrogen (secondary N) is 1. The van der Waals surface area contributed by atoms with Gasteiger partial charge in [0.1, 0.15) is 0 Å². The third kappa shape index (κ3) is 1.24. The van der Waals surface area contributed by atoms with Gasteiger partial charge < -0.3 is 4.98 Å². The molecule has 0 radical (unpaired) electrons. The van der Waals surface area contributed by atoms with Crippen LogP contribution >= 0.6 is 0 Å². The first-order valence-corrected chi connectivity index (χ1v) is 5.38. The lowest BCUT2D eigenvalue weighted by molar-refractivity contribution is 0.899. The van der Waals surface area contributed by atoms with E-state index in [1.54, 1.807) is 0 Å². The number of rotatable bonds is 1. The molecule has 1 N–H and O–H groups in total. The zero-order valence-corrected chi connectivity index (χ0v) is 8.51. The van der Waals surface area contributed by atoms with E-state index in [2.05, 4.69) is 23.2 Å². The third-order valence-electron chi connectivity index (χ3n) is 3.20. The Kier molecular flexibility index (Phi) is 1.78. The van der Waals surface area contributed by atoms with Gasteiger partial charge in [-0.15, -0.1) is 0 Å². The number of nitriles is 1. The summed E-state index contributed by atoms with van der Waals surface area (Å²) in [7, 11) is 0. The summed E-state index contributed by atoms with van der Waals surface area (Å²) >= 11 is 0. The van der Waals surface area contributed by atoms with Gasteiger partial charge in [0, 0.05) is 16.6 Å². The minimum absolute atomic E-state index is 0.510. The minimum atomic E-state index is 0.510. The molecular formula is C13H12N2. The number of aromatic amines is 1. The first-order valence-electron chi connectivity index (χ1n) is 5.38. The monoisotopic (exact) mass is 196 g/mol. The predicted molar refractivity (Wildman–Crippen MR) is 59.6 cm³/mol. The molecule has 1 aromatic heterocycles. The van der Waals surface area contributed by atoms with Crippen molar-refractivity contribution in [3.8, 4) is 6.07 Å². The van der Waals surface area contributed by atoms with Crippen LogP contribution in [0, 0.1) is 11.3 Å². The van der Waals surface area contributed by atoms with Crippen LogP contribution in [-0.2, 0) is 19.3 Å². The predicted octanol–water partition coefficient (Wildman–Crippen LogP) is 2.72. The Labute approximate surface area is 88.5 Å². The molecule has 74 valence electrons. The van der Waals surface area contributed by atoms with E-state index in [1.165, 1.54) is 41.4 Å². The van der Waals surface area contributed by atoms with Crippen LogP contribution < -0.4 is 0 Å². The van der Waals surface area contributed by atoms with Crippen LogP contribution in [-0.4, -0.2) is 4.98 Å². The first kappa shape index (κ1) is 8.55. The molecule has 0 saturated heterocycles. The average Bonchev–Trinajstić information content (AvgIpc) is 2.78. The van der Waals surface area contributed by atoms with Crippen LogP contribution in [0.25, 0.3) is 10.9 Å². The van der Waals surface area contributed by atoms with Crippen molar-refractivity contribution >= 4 is 10.9 Å². The Balaban J connectivity index is 2.21. The smallest absolute Gasteiger partial charge is 0.0669 e. The largest absolute Gasteiger partial charge is 0.358 e. The second-order valence-electron chi connectivity index (χ2n) is 4.15. The highest BCUT2D eigenvalue weighted by Gasteiger charge is 2.16. The molecule has 0 aliphatic heterocycles. The number of H-pyrrole nitrogens is 1. The lowest BCUT2D eigenvalue weighted by Gasteiger charge is -1.97. The summed E-state index contributed by atoms with van der Waals surface area (Å²) in [6.07, 6.45) is 4.14. The van der Waals surface area contributed by atoms with Crippen LogP contribution in [0.5, 0.6) is 0 Å². The van der Waals surface area contributed by atoms with Crippen LogP contribution in [0.4, 0.5) is 0 Å². The molecular weight excluding hydrogens is 184 g/mol. The maximum Gasteiger partial charge on any atom is 0.0669 e. The second-order valence-corrected chi connectivity index (χ2v) is 4.15. The zero-order chi connectivity index (χ0) is 10.3. The maximum absolute atomic E-state index is 8.68. The molecule has 15 heavy (non-hydrogen) atoms. The molecule has 1 aliphatic carbocycles. The van der Waals surface area contributed by atoms with E-state index in [0.717, 1.165) is 5.56 Å². The summed E-state index contributed by atoms with van der Waals surface area (Å²) in [6, 6.07) is 8.50. The SMILES string of the molecule is N#CCc1ccc2[nH]c3c(c2c1)CCC3. The van der Waals surface area contributed by atoms with Crippen LogP contribution in [0.2, 0.25) is 0 Å². The number of hydrogen-bond donors (Lipinski definition) is 1. The van der Waals surface area contributed by atoms with Crippen molar-refractivity contribution < 1.29 is 0 Å². The first-order chi connectivity index (χ1) is 7.38. The summed E-state index contributed by atoms with van der Waals surface area (Å²) in [5, 5.41) is 10.0. The number of fused-ring (bicyclic) bond motifs is 3. The van der Waals surface area contributed by atoms with E-state index in [0.29, 0.717) is 6.42 Å². The third-order valence-corrected chi connectivity index (χ3v) is 3.20. The highest BCUT2D eigenvalue weighted by molar-refractivity contribution is 5.86. The molecule has 0 bridgehead atoms. The number of nitrogens with zero attached hydrogens (tertiary/aromatic N) is 1. The Bertz CT molecular complexity index is 558. The summed E-state index contributed by atoms with van der Waals surface area (Å²) < 4.78 is 0. The number of hydrogen-bond acceptors (Lipinski definition) is 1. The maximum atomic E-state index is 8.68.